The van der Waals surface area contributed by atoms with Gasteiger partial charge in [-0.1, -0.05) is 0 Å². The Morgan fingerprint density at radius 2 is 2.00 bits per heavy atom. The van der Waals surface area contributed by atoms with Crippen molar-refractivity contribution in [1.82, 2.24) is 14.7 Å². The lowest BCUT2D eigenvalue weighted by Gasteiger charge is -2.20. The number of hydrogen-bond acceptors (Lipinski definition) is 5. The molecule has 0 radical (unpaired) electrons. The molecule has 2 heterocycles. The summed E-state index contributed by atoms with van der Waals surface area (Å²) in [5.41, 5.74) is 1.40. The van der Waals surface area contributed by atoms with Crippen molar-refractivity contribution in [1.29, 1.82) is 0 Å². The fourth-order valence-electron chi connectivity index (χ4n) is 3.36. The van der Waals surface area contributed by atoms with E-state index in [-0.39, 0.29) is 18.7 Å². The number of benzene rings is 1. The van der Waals surface area contributed by atoms with E-state index in [9.17, 15) is 4.79 Å². The molecule has 26 heavy (non-hydrogen) atoms. The van der Waals surface area contributed by atoms with Crippen molar-refractivity contribution in [3.05, 3.63) is 46.8 Å². The van der Waals surface area contributed by atoms with Crippen molar-refractivity contribution < 1.29 is 9.84 Å². The van der Waals surface area contributed by atoms with Crippen molar-refractivity contribution in [3.8, 4) is 17.0 Å². The van der Waals surface area contributed by atoms with E-state index in [4.69, 9.17) is 9.84 Å². The molecule has 0 amide bonds. The van der Waals surface area contributed by atoms with E-state index >= 15 is 0 Å². The van der Waals surface area contributed by atoms with Gasteiger partial charge in [0.2, 0.25) is 0 Å². The maximum absolute atomic E-state index is 11.7. The van der Waals surface area contributed by atoms with Crippen LogP contribution in [0.15, 0.2) is 41.2 Å². The molecular formula is C20H27N3O3. The minimum Gasteiger partial charge on any atom is -0.494 e. The Bertz CT molecular complexity index is 758. The van der Waals surface area contributed by atoms with E-state index < -0.39 is 0 Å². The monoisotopic (exact) mass is 357 g/mol. The molecule has 1 aliphatic rings. The van der Waals surface area contributed by atoms with Crippen LogP contribution >= 0.6 is 0 Å². The van der Waals surface area contributed by atoms with Crippen molar-refractivity contribution in [3.63, 3.8) is 0 Å². The topological polar surface area (TPSA) is 67.6 Å². The zero-order chi connectivity index (χ0) is 18.4. The Kier molecular flexibility index (Phi) is 6.41. The normalized spacial score (nSPS) is 17.5. The molecule has 0 unspecified atom stereocenters. The van der Waals surface area contributed by atoms with Crippen LogP contribution in [-0.2, 0) is 6.54 Å². The van der Waals surface area contributed by atoms with Crippen molar-refractivity contribution in [2.24, 2.45) is 0 Å². The number of aliphatic hydroxyl groups excluding tert-OH is 1. The van der Waals surface area contributed by atoms with Crippen molar-refractivity contribution in [2.75, 3.05) is 26.3 Å². The predicted octanol–water partition coefficient (Wildman–Crippen LogP) is 2.16. The zero-order valence-electron chi connectivity index (χ0n) is 15.3. The second-order valence-electron chi connectivity index (χ2n) is 6.76. The molecule has 1 aliphatic heterocycles. The van der Waals surface area contributed by atoms with Crippen LogP contribution in [0, 0.1) is 0 Å². The molecule has 3 rings (SSSR count). The molecular weight excluding hydrogens is 330 g/mol. The van der Waals surface area contributed by atoms with Crippen LogP contribution in [0.25, 0.3) is 11.3 Å². The number of rotatable bonds is 8. The van der Waals surface area contributed by atoms with Gasteiger partial charge >= 0.3 is 0 Å². The van der Waals surface area contributed by atoms with E-state index in [1.54, 1.807) is 6.07 Å². The first kappa shape index (κ1) is 18.6. The smallest absolute Gasteiger partial charge is 0.266 e. The van der Waals surface area contributed by atoms with E-state index in [0.717, 1.165) is 24.3 Å². The van der Waals surface area contributed by atoms with Crippen LogP contribution in [0.5, 0.6) is 5.75 Å². The van der Waals surface area contributed by atoms with Gasteiger partial charge in [-0.2, -0.15) is 5.10 Å². The third kappa shape index (κ3) is 4.71. The van der Waals surface area contributed by atoms with Gasteiger partial charge in [-0.3, -0.25) is 4.79 Å². The Hall–Kier alpha value is -2.18. The predicted molar refractivity (Wildman–Crippen MR) is 101 cm³/mol. The van der Waals surface area contributed by atoms with Crippen LogP contribution in [0.3, 0.4) is 0 Å². The van der Waals surface area contributed by atoms with Crippen LogP contribution < -0.4 is 10.3 Å². The van der Waals surface area contributed by atoms with Crippen LogP contribution in [0.2, 0.25) is 0 Å². The molecule has 0 spiro atoms. The minimum atomic E-state index is -0.213. The van der Waals surface area contributed by atoms with E-state index in [1.807, 2.05) is 24.3 Å². The molecule has 6 heteroatoms. The second-order valence-corrected chi connectivity index (χ2v) is 6.76. The molecule has 2 aromatic rings. The molecule has 140 valence electrons. The van der Waals surface area contributed by atoms with Crippen LogP contribution in [0.1, 0.15) is 26.2 Å². The molecule has 0 bridgehead atoms. The molecule has 6 nitrogen and oxygen atoms in total. The highest BCUT2D eigenvalue weighted by Crippen LogP contribution is 2.20. The van der Waals surface area contributed by atoms with Gasteiger partial charge in [-0.05, 0) is 63.1 Å². The summed E-state index contributed by atoms with van der Waals surface area (Å²) >= 11 is 0. The van der Waals surface area contributed by atoms with Gasteiger partial charge in [-0.25, -0.2) is 4.68 Å². The quantitative estimate of drug-likeness (QED) is 0.733. The molecule has 1 aromatic heterocycles. The Morgan fingerprint density at radius 1 is 1.19 bits per heavy atom. The summed E-state index contributed by atoms with van der Waals surface area (Å²) in [6.45, 7) is 5.40. The van der Waals surface area contributed by atoms with Crippen LogP contribution in [-0.4, -0.2) is 52.1 Å². The number of aromatic nitrogens is 2. The fourth-order valence-corrected chi connectivity index (χ4v) is 3.36. The lowest BCUT2D eigenvalue weighted by atomic mass is 10.1. The number of aliphatic hydroxyl groups is 1. The lowest BCUT2D eigenvalue weighted by molar-refractivity contribution is 0.230. The third-order valence-electron chi connectivity index (χ3n) is 4.88. The van der Waals surface area contributed by atoms with E-state index in [0.29, 0.717) is 18.3 Å². The summed E-state index contributed by atoms with van der Waals surface area (Å²) in [6.07, 6.45) is 3.64. The van der Waals surface area contributed by atoms with Gasteiger partial charge in [0, 0.05) is 24.2 Å². The summed E-state index contributed by atoms with van der Waals surface area (Å²) in [5, 5.41) is 13.3. The van der Waals surface area contributed by atoms with Gasteiger partial charge in [0.05, 0.1) is 25.5 Å². The van der Waals surface area contributed by atoms with E-state index in [2.05, 4.69) is 16.9 Å². The average molecular weight is 357 g/mol. The van der Waals surface area contributed by atoms with Gasteiger partial charge in [0.15, 0.2) is 0 Å². The molecule has 1 aromatic carbocycles. The highest BCUT2D eigenvalue weighted by Gasteiger charge is 2.19. The molecule has 0 aliphatic carbocycles. The minimum absolute atomic E-state index is 0.112. The molecule has 1 atom stereocenters. The molecule has 1 N–H and O–H groups in total. The van der Waals surface area contributed by atoms with E-state index in [1.165, 1.54) is 30.1 Å². The summed E-state index contributed by atoms with van der Waals surface area (Å²) in [6, 6.07) is 11.6. The molecule has 1 saturated heterocycles. The van der Waals surface area contributed by atoms with Crippen LogP contribution in [0.4, 0.5) is 0 Å². The standard InChI is InChI=1S/C20H27N3O3/c1-16-4-2-11-22(16)12-3-15-26-18-7-5-17(6-8-18)19-9-10-20(25)23(21-19)13-14-24/h5-10,16,24H,2-4,11-15H2,1H3/t16-/m1/s1. The highest BCUT2D eigenvalue weighted by molar-refractivity contribution is 5.59. The summed E-state index contributed by atoms with van der Waals surface area (Å²) in [4.78, 5) is 14.2. The highest BCUT2D eigenvalue weighted by atomic mass is 16.5. The van der Waals surface area contributed by atoms with Gasteiger partial charge in [-0.15, -0.1) is 0 Å². The maximum atomic E-state index is 11.7. The van der Waals surface area contributed by atoms with Crippen molar-refractivity contribution in [2.45, 2.75) is 38.8 Å². The first-order valence-corrected chi connectivity index (χ1v) is 9.33. The fraction of sp³-hybridized carbons (Fsp3) is 0.500. The van der Waals surface area contributed by atoms with Gasteiger partial charge < -0.3 is 14.7 Å². The lowest BCUT2D eigenvalue weighted by Crippen LogP contribution is -2.28. The van der Waals surface area contributed by atoms with Gasteiger partial charge in [0.25, 0.3) is 5.56 Å². The van der Waals surface area contributed by atoms with Crippen molar-refractivity contribution >= 4 is 0 Å². The first-order chi connectivity index (χ1) is 12.7. The summed E-state index contributed by atoms with van der Waals surface area (Å²) < 4.78 is 7.11. The molecule has 0 saturated carbocycles. The zero-order valence-corrected chi connectivity index (χ0v) is 15.3. The number of likely N-dealkylation sites (tertiary alicyclic amines) is 1. The number of ether oxygens (including phenoxy) is 1. The summed E-state index contributed by atoms with van der Waals surface area (Å²) in [7, 11) is 0. The largest absolute Gasteiger partial charge is 0.494 e. The Morgan fingerprint density at radius 3 is 2.69 bits per heavy atom. The number of nitrogens with zero attached hydrogens (tertiary/aromatic N) is 3. The molecule has 1 fully saturated rings. The number of hydrogen-bond donors (Lipinski definition) is 1. The SMILES string of the molecule is C[C@@H]1CCCN1CCCOc1ccc(-c2ccc(=O)n(CCO)n2)cc1. The Balaban J connectivity index is 1.53. The third-order valence-corrected chi connectivity index (χ3v) is 4.88. The summed E-state index contributed by atoms with van der Waals surface area (Å²) in [5.74, 6) is 0.840. The average Bonchev–Trinajstić information content (AvgIpc) is 3.06. The maximum Gasteiger partial charge on any atom is 0.266 e. The first-order valence-electron chi connectivity index (χ1n) is 9.33. The Labute approximate surface area is 154 Å². The second kappa shape index (κ2) is 8.96. The van der Waals surface area contributed by atoms with Gasteiger partial charge in [0.1, 0.15) is 5.75 Å².